The molecule has 0 aliphatic heterocycles. The molecule has 1 N–H and O–H groups in total. The third-order valence-electron chi connectivity index (χ3n) is 2.76. The Labute approximate surface area is 111 Å². The number of ether oxygens (including phenoxy) is 1. The van der Waals surface area contributed by atoms with Crippen LogP contribution in [0.1, 0.15) is 29.0 Å². The first-order valence-electron chi connectivity index (χ1n) is 6.15. The highest BCUT2D eigenvalue weighted by atomic mass is 16.5. The number of hydrogen-bond acceptors (Lipinski definition) is 3. The summed E-state index contributed by atoms with van der Waals surface area (Å²) in [4.78, 5) is 10.8. The van der Waals surface area contributed by atoms with E-state index in [0.717, 1.165) is 23.8 Å². The van der Waals surface area contributed by atoms with Gasteiger partial charge in [-0.05, 0) is 36.6 Å². The molecule has 0 atom stereocenters. The molecular formula is C15H16O4. The highest BCUT2D eigenvalue weighted by Crippen LogP contribution is 2.21. The van der Waals surface area contributed by atoms with E-state index in [1.807, 2.05) is 18.2 Å². The van der Waals surface area contributed by atoms with Crippen molar-refractivity contribution in [2.75, 3.05) is 6.61 Å². The Hall–Kier alpha value is -2.07. The number of aromatic carboxylic acids is 1. The van der Waals surface area contributed by atoms with E-state index in [0.29, 0.717) is 18.8 Å². The average Bonchev–Trinajstić information content (AvgIpc) is 2.82. The Bertz CT molecular complexity index is 583. The third-order valence-corrected chi connectivity index (χ3v) is 2.76. The topological polar surface area (TPSA) is 59.7 Å². The number of fused-ring (bicyclic) bond motifs is 1. The van der Waals surface area contributed by atoms with Gasteiger partial charge in [0.2, 0.25) is 5.76 Å². The van der Waals surface area contributed by atoms with Gasteiger partial charge in [0.1, 0.15) is 5.58 Å². The number of hydrogen-bond donors (Lipinski definition) is 1. The molecule has 4 nitrogen and oxygen atoms in total. The Morgan fingerprint density at radius 1 is 1.42 bits per heavy atom. The van der Waals surface area contributed by atoms with Crippen molar-refractivity contribution in [1.29, 1.82) is 0 Å². The lowest BCUT2D eigenvalue weighted by Crippen LogP contribution is -1.94. The first-order chi connectivity index (χ1) is 9.20. The maximum absolute atomic E-state index is 10.8. The quantitative estimate of drug-likeness (QED) is 0.610. The number of carbonyl (C=O) groups is 1. The van der Waals surface area contributed by atoms with E-state index in [1.165, 1.54) is 6.07 Å². The molecule has 19 heavy (non-hydrogen) atoms. The van der Waals surface area contributed by atoms with Gasteiger partial charge in [0.05, 0.1) is 6.61 Å². The van der Waals surface area contributed by atoms with Gasteiger partial charge in [-0.25, -0.2) is 4.79 Å². The zero-order valence-corrected chi connectivity index (χ0v) is 10.6. The van der Waals surface area contributed by atoms with E-state index >= 15 is 0 Å². The lowest BCUT2D eigenvalue weighted by molar-refractivity contribution is 0.0665. The number of allylic oxidation sites excluding steroid dienone is 1. The van der Waals surface area contributed by atoms with Crippen LogP contribution in [-0.4, -0.2) is 17.7 Å². The van der Waals surface area contributed by atoms with Crippen LogP contribution in [0.15, 0.2) is 41.3 Å². The molecular weight excluding hydrogens is 244 g/mol. The van der Waals surface area contributed by atoms with E-state index in [1.54, 1.807) is 6.07 Å². The first kappa shape index (κ1) is 13.4. The minimum atomic E-state index is -1.06. The molecule has 0 fully saturated rings. The highest BCUT2D eigenvalue weighted by Gasteiger charge is 2.10. The molecule has 0 saturated heterocycles. The molecule has 0 aliphatic carbocycles. The molecule has 1 aromatic heterocycles. The van der Waals surface area contributed by atoms with Crippen LogP contribution < -0.4 is 0 Å². The highest BCUT2D eigenvalue weighted by molar-refractivity contribution is 5.91. The summed E-state index contributed by atoms with van der Waals surface area (Å²) in [5, 5.41) is 9.63. The van der Waals surface area contributed by atoms with Crippen LogP contribution in [0.2, 0.25) is 0 Å². The molecule has 0 spiro atoms. The molecule has 0 bridgehead atoms. The van der Waals surface area contributed by atoms with Gasteiger partial charge in [-0.2, -0.15) is 0 Å². The van der Waals surface area contributed by atoms with Crippen molar-refractivity contribution in [1.82, 2.24) is 0 Å². The van der Waals surface area contributed by atoms with Crippen LogP contribution >= 0.6 is 0 Å². The normalized spacial score (nSPS) is 10.7. The third kappa shape index (κ3) is 3.45. The molecule has 1 heterocycles. The lowest BCUT2D eigenvalue weighted by atomic mass is 10.2. The number of benzene rings is 1. The summed E-state index contributed by atoms with van der Waals surface area (Å²) in [6.45, 7) is 4.86. The van der Waals surface area contributed by atoms with Crippen LogP contribution in [0.25, 0.3) is 11.0 Å². The molecule has 0 radical (unpaired) electrons. The smallest absolute Gasteiger partial charge is 0.371 e. The van der Waals surface area contributed by atoms with Gasteiger partial charge < -0.3 is 14.3 Å². The summed E-state index contributed by atoms with van der Waals surface area (Å²) in [5.74, 6) is -1.10. The van der Waals surface area contributed by atoms with Crippen molar-refractivity contribution in [3.8, 4) is 0 Å². The van der Waals surface area contributed by atoms with Crippen LogP contribution in [0.3, 0.4) is 0 Å². The second-order valence-electron chi connectivity index (χ2n) is 4.27. The van der Waals surface area contributed by atoms with Gasteiger partial charge in [0, 0.05) is 12.0 Å². The molecule has 4 heteroatoms. The molecule has 0 aliphatic rings. The minimum absolute atomic E-state index is 0.0425. The monoisotopic (exact) mass is 260 g/mol. The van der Waals surface area contributed by atoms with Gasteiger partial charge in [-0.3, -0.25) is 0 Å². The van der Waals surface area contributed by atoms with E-state index in [4.69, 9.17) is 14.3 Å². The van der Waals surface area contributed by atoms with Gasteiger partial charge >= 0.3 is 5.97 Å². The minimum Gasteiger partial charge on any atom is -0.475 e. The van der Waals surface area contributed by atoms with Gasteiger partial charge in [-0.1, -0.05) is 12.1 Å². The Kier molecular flexibility index (Phi) is 4.36. The Morgan fingerprint density at radius 3 is 3.00 bits per heavy atom. The fourth-order valence-corrected chi connectivity index (χ4v) is 1.81. The number of carboxylic acids is 1. The number of carboxylic acid groups (broad SMARTS) is 1. The fraction of sp³-hybridized carbons (Fsp3) is 0.267. The van der Waals surface area contributed by atoms with Crippen LogP contribution in [0.5, 0.6) is 0 Å². The van der Waals surface area contributed by atoms with Crippen molar-refractivity contribution < 1.29 is 19.1 Å². The van der Waals surface area contributed by atoms with Crippen LogP contribution in [0, 0.1) is 0 Å². The van der Waals surface area contributed by atoms with Crippen molar-refractivity contribution in [3.05, 3.63) is 48.2 Å². The predicted octanol–water partition coefficient (Wildman–Crippen LogP) is 3.61. The standard InChI is InChI=1S/C15H16O4/c1-2-3-4-7-18-10-11-5-6-13-12(8-11)9-14(19-13)15(16)17/h2,5-6,8-9H,1,3-4,7,10H2,(H,16,17). The van der Waals surface area contributed by atoms with Gasteiger partial charge in [0.25, 0.3) is 0 Å². The fourth-order valence-electron chi connectivity index (χ4n) is 1.81. The maximum atomic E-state index is 10.8. The van der Waals surface area contributed by atoms with Crippen molar-refractivity contribution in [3.63, 3.8) is 0 Å². The second-order valence-corrected chi connectivity index (χ2v) is 4.27. The number of rotatable bonds is 7. The van der Waals surface area contributed by atoms with E-state index < -0.39 is 5.97 Å². The van der Waals surface area contributed by atoms with E-state index in [9.17, 15) is 4.79 Å². The number of unbranched alkanes of at least 4 members (excludes halogenated alkanes) is 1. The zero-order valence-electron chi connectivity index (χ0n) is 10.6. The summed E-state index contributed by atoms with van der Waals surface area (Å²) in [6.07, 6.45) is 3.78. The molecule has 1 aromatic carbocycles. The van der Waals surface area contributed by atoms with E-state index in [2.05, 4.69) is 6.58 Å². The van der Waals surface area contributed by atoms with Crippen molar-refractivity contribution in [2.45, 2.75) is 19.4 Å². The van der Waals surface area contributed by atoms with Crippen LogP contribution in [-0.2, 0) is 11.3 Å². The summed E-state index contributed by atoms with van der Waals surface area (Å²) < 4.78 is 10.7. The first-order valence-corrected chi connectivity index (χ1v) is 6.15. The summed E-state index contributed by atoms with van der Waals surface area (Å²) in [5.41, 5.74) is 1.58. The Morgan fingerprint density at radius 2 is 2.26 bits per heavy atom. The summed E-state index contributed by atoms with van der Waals surface area (Å²) in [7, 11) is 0. The largest absolute Gasteiger partial charge is 0.475 e. The van der Waals surface area contributed by atoms with E-state index in [-0.39, 0.29) is 5.76 Å². The van der Waals surface area contributed by atoms with Crippen molar-refractivity contribution in [2.24, 2.45) is 0 Å². The Balaban J connectivity index is 2.00. The molecule has 100 valence electrons. The maximum Gasteiger partial charge on any atom is 0.371 e. The number of furan rings is 1. The molecule has 0 amide bonds. The lowest BCUT2D eigenvalue weighted by Gasteiger charge is -2.03. The molecule has 0 unspecified atom stereocenters. The molecule has 2 rings (SSSR count). The average molecular weight is 260 g/mol. The second kappa shape index (κ2) is 6.20. The predicted molar refractivity (Wildman–Crippen MR) is 72.3 cm³/mol. The van der Waals surface area contributed by atoms with Gasteiger partial charge in [0.15, 0.2) is 0 Å². The van der Waals surface area contributed by atoms with Gasteiger partial charge in [-0.15, -0.1) is 6.58 Å². The summed E-state index contributed by atoms with van der Waals surface area (Å²) in [6, 6.07) is 7.06. The summed E-state index contributed by atoms with van der Waals surface area (Å²) >= 11 is 0. The van der Waals surface area contributed by atoms with Crippen molar-refractivity contribution >= 4 is 16.9 Å². The SMILES string of the molecule is C=CCCCOCc1ccc2oc(C(=O)O)cc2c1. The molecule has 0 saturated carbocycles. The van der Waals surface area contributed by atoms with Crippen LogP contribution in [0.4, 0.5) is 0 Å². The molecule has 2 aromatic rings. The zero-order chi connectivity index (χ0) is 13.7.